The first-order valence-electron chi connectivity index (χ1n) is 9.71. The number of fused-ring (bicyclic) bond motifs is 1. The Hall–Kier alpha value is -3.21. The average Bonchev–Trinajstić information content (AvgIpc) is 3.07. The Kier molecular flexibility index (Phi) is 6.50. The van der Waals surface area contributed by atoms with Crippen LogP contribution < -0.4 is 10.9 Å². The number of aromatic nitrogens is 2. The summed E-state index contributed by atoms with van der Waals surface area (Å²) in [6, 6.07) is 12.7. The number of nitrogens with zero attached hydrogens (tertiary/aromatic N) is 3. The van der Waals surface area contributed by atoms with Crippen molar-refractivity contribution in [1.82, 2.24) is 9.55 Å². The van der Waals surface area contributed by atoms with Crippen molar-refractivity contribution in [3.05, 3.63) is 84.5 Å². The second-order valence-corrected chi connectivity index (χ2v) is 9.67. The Bertz CT molecular complexity index is 1450. The number of carbonyl (C=O) groups is 1. The van der Waals surface area contributed by atoms with Gasteiger partial charge in [0.2, 0.25) is 5.91 Å². The Morgan fingerprint density at radius 2 is 1.91 bits per heavy atom. The first-order chi connectivity index (χ1) is 15.8. The van der Waals surface area contributed by atoms with Gasteiger partial charge in [-0.1, -0.05) is 35.5 Å². The minimum Gasteiger partial charge on any atom is -0.320 e. The molecule has 2 aromatic heterocycles. The maximum atomic E-state index is 13.4. The van der Waals surface area contributed by atoms with Gasteiger partial charge in [0.1, 0.15) is 10.5 Å². The lowest BCUT2D eigenvalue weighted by Gasteiger charge is -2.12. The molecule has 2 heterocycles. The zero-order valence-corrected chi connectivity index (χ0v) is 19.9. The molecule has 0 aliphatic carbocycles. The van der Waals surface area contributed by atoms with Crippen molar-refractivity contribution in [1.29, 1.82) is 0 Å². The molecule has 11 heteroatoms. The van der Waals surface area contributed by atoms with Gasteiger partial charge in [-0.05, 0) is 49.7 Å². The summed E-state index contributed by atoms with van der Waals surface area (Å²) in [6.45, 7) is 3.82. The lowest BCUT2D eigenvalue weighted by Crippen LogP contribution is -2.23. The predicted octanol–water partition coefficient (Wildman–Crippen LogP) is 5.36. The topological polar surface area (TPSA) is 107 Å². The molecule has 0 saturated carbocycles. The summed E-state index contributed by atoms with van der Waals surface area (Å²) in [7, 11) is 0. The third kappa shape index (κ3) is 4.63. The molecule has 0 unspecified atom stereocenters. The highest BCUT2D eigenvalue weighted by Crippen LogP contribution is 2.30. The first kappa shape index (κ1) is 23.0. The first-order valence-corrected chi connectivity index (χ1v) is 11.9. The van der Waals surface area contributed by atoms with Crippen LogP contribution >= 0.6 is 34.7 Å². The van der Waals surface area contributed by atoms with Crippen molar-refractivity contribution in [2.75, 3.05) is 11.1 Å². The predicted molar refractivity (Wildman–Crippen MR) is 132 cm³/mol. The summed E-state index contributed by atoms with van der Waals surface area (Å²) in [5.41, 5.74) is 1.13. The molecule has 0 fully saturated rings. The van der Waals surface area contributed by atoms with Gasteiger partial charge in [0.25, 0.3) is 11.2 Å². The highest BCUT2D eigenvalue weighted by molar-refractivity contribution is 7.99. The number of thioether (sulfide) groups is 1. The number of rotatable bonds is 6. The number of aryl methyl sites for hydroxylation is 2. The van der Waals surface area contributed by atoms with Crippen molar-refractivity contribution >= 4 is 62.2 Å². The van der Waals surface area contributed by atoms with Gasteiger partial charge in [0.15, 0.2) is 5.16 Å². The third-order valence-electron chi connectivity index (χ3n) is 4.96. The SMILES string of the molecule is Cc1sc2nc(SCC(=O)Nc3ccccc3[N+](=O)[O-])n(-c3ccc(Cl)cc3)c(=O)c2c1C. The van der Waals surface area contributed by atoms with Gasteiger partial charge in [-0.3, -0.25) is 24.3 Å². The quantitative estimate of drug-likeness (QED) is 0.165. The Balaban J connectivity index is 1.69. The molecule has 0 atom stereocenters. The smallest absolute Gasteiger partial charge is 0.292 e. The van der Waals surface area contributed by atoms with E-state index in [1.165, 1.54) is 34.1 Å². The fourth-order valence-corrected chi connectivity index (χ4v) is 5.25. The molecule has 2 aromatic carbocycles. The number of carbonyl (C=O) groups excluding carboxylic acids is 1. The number of halogens is 1. The van der Waals surface area contributed by atoms with E-state index in [1.54, 1.807) is 30.3 Å². The maximum Gasteiger partial charge on any atom is 0.292 e. The van der Waals surface area contributed by atoms with Gasteiger partial charge in [-0.2, -0.15) is 0 Å². The van der Waals surface area contributed by atoms with E-state index in [0.717, 1.165) is 22.2 Å². The average molecular weight is 501 g/mol. The molecule has 168 valence electrons. The van der Waals surface area contributed by atoms with E-state index in [0.29, 0.717) is 26.1 Å². The molecule has 1 amide bonds. The molecule has 0 aliphatic rings. The Morgan fingerprint density at radius 3 is 2.61 bits per heavy atom. The molecule has 1 N–H and O–H groups in total. The number of nitro groups is 1. The number of thiophene rings is 1. The number of nitrogens with one attached hydrogen (secondary N) is 1. The number of hydrogen-bond donors (Lipinski definition) is 1. The van der Waals surface area contributed by atoms with Gasteiger partial charge in [-0.15, -0.1) is 11.3 Å². The molecule has 8 nitrogen and oxygen atoms in total. The number of para-hydroxylation sites is 2. The standard InChI is InChI=1S/C22H17ClN4O4S2/c1-12-13(2)33-20-19(12)21(29)26(15-9-7-14(23)8-10-15)22(25-20)32-11-18(28)24-16-5-3-4-6-17(16)27(30)31/h3-10H,11H2,1-2H3,(H,24,28). The van der Waals surface area contributed by atoms with Gasteiger partial charge >= 0.3 is 0 Å². The van der Waals surface area contributed by atoms with E-state index < -0.39 is 10.8 Å². The zero-order valence-electron chi connectivity index (χ0n) is 17.5. The van der Waals surface area contributed by atoms with Crippen molar-refractivity contribution in [2.24, 2.45) is 0 Å². The van der Waals surface area contributed by atoms with Crippen LogP contribution in [0.25, 0.3) is 15.9 Å². The van der Waals surface area contributed by atoms with Gasteiger partial charge in [-0.25, -0.2) is 4.98 Å². The van der Waals surface area contributed by atoms with Crippen LogP contribution in [0.1, 0.15) is 10.4 Å². The van der Waals surface area contributed by atoms with E-state index in [4.69, 9.17) is 11.6 Å². The van der Waals surface area contributed by atoms with E-state index >= 15 is 0 Å². The van der Waals surface area contributed by atoms with Crippen molar-refractivity contribution in [3.63, 3.8) is 0 Å². The summed E-state index contributed by atoms with van der Waals surface area (Å²) in [5.74, 6) is -0.550. The van der Waals surface area contributed by atoms with Gasteiger partial charge < -0.3 is 5.32 Å². The summed E-state index contributed by atoms with van der Waals surface area (Å²) < 4.78 is 1.46. The lowest BCUT2D eigenvalue weighted by molar-refractivity contribution is -0.383. The normalized spacial score (nSPS) is 11.0. The minimum absolute atomic E-state index is 0.0963. The monoisotopic (exact) mass is 500 g/mol. The highest BCUT2D eigenvalue weighted by atomic mass is 35.5. The minimum atomic E-state index is -0.558. The van der Waals surface area contributed by atoms with Crippen LogP contribution in [0.3, 0.4) is 0 Å². The van der Waals surface area contributed by atoms with Crippen LogP contribution in [-0.4, -0.2) is 26.1 Å². The van der Waals surface area contributed by atoms with E-state index in [1.807, 2.05) is 13.8 Å². The van der Waals surface area contributed by atoms with Crippen molar-refractivity contribution in [3.8, 4) is 5.69 Å². The van der Waals surface area contributed by atoms with Crippen LogP contribution in [0.2, 0.25) is 5.02 Å². The molecular formula is C22H17ClN4O4S2. The van der Waals surface area contributed by atoms with E-state index in [-0.39, 0.29) is 22.7 Å². The number of nitro benzene ring substituents is 1. The lowest BCUT2D eigenvalue weighted by atomic mass is 10.2. The van der Waals surface area contributed by atoms with E-state index in [2.05, 4.69) is 10.3 Å². The second-order valence-electron chi connectivity index (χ2n) is 7.09. The van der Waals surface area contributed by atoms with Crippen molar-refractivity contribution in [2.45, 2.75) is 19.0 Å². The Morgan fingerprint density at radius 1 is 1.21 bits per heavy atom. The number of hydrogen-bond acceptors (Lipinski definition) is 7. The molecular weight excluding hydrogens is 484 g/mol. The second kappa shape index (κ2) is 9.34. The molecule has 0 aliphatic heterocycles. The molecule has 0 spiro atoms. The van der Waals surface area contributed by atoms with Crippen LogP contribution in [0.15, 0.2) is 58.5 Å². The molecule has 0 radical (unpaired) electrons. The van der Waals surface area contributed by atoms with Crippen LogP contribution in [0.5, 0.6) is 0 Å². The molecule has 4 rings (SSSR count). The molecule has 0 saturated heterocycles. The largest absolute Gasteiger partial charge is 0.320 e. The van der Waals surface area contributed by atoms with Crippen LogP contribution in [0, 0.1) is 24.0 Å². The van der Waals surface area contributed by atoms with E-state index in [9.17, 15) is 19.7 Å². The number of anilines is 1. The van der Waals surface area contributed by atoms with Crippen LogP contribution in [-0.2, 0) is 4.79 Å². The molecule has 4 aromatic rings. The van der Waals surface area contributed by atoms with Gasteiger partial charge in [0.05, 0.1) is 21.7 Å². The molecule has 0 bridgehead atoms. The Labute approximate surface area is 201 Å². The fraction of sp³-hybridized carbons (Fsp3) is 0.136. The van der Waals surface area contributed by atoms with Crippen molar-refractivity contribution < 1.29 is 9.72 Å². The number of benzene rings is 2. The maximum absolute atomic E-state index is 13.4. The van der Waals surface area contributed by atoms with Gasteiger partial charge in [0, 0.05) is 16.0 Å². The summed E-state index contributed by atoms with van der Waals surface area (Å²) in [4.78, 5) is 42.9. The highest BCUT2D eigenvalue weighted by Gasteiger charge is 2.20. The summed E-state index contributed by atoms with van der Waals surface area (Å²) in [6.07, 6.45) is 0. The fourth-order valence-electron chi connectivity index (χ4n) is 3.24. The summed E-state index contributed by atoms with van der Waals surface area (Å²) >= 11 is 8.51. The zero-order chi connectivity index (χ0) is 23.7. The molecule has 33 heavy (non-hydrogen) atoms. The summed E-state index contributed by atoms with van der Waals surface area (Å²) in [5, 5.41) is 15.2. The van der Waals surface area contributed by atoms with Crippen LogP contribution in [0.4, 0.5) is 11.4 Å². The third-order valence-corrected chi connectivity index (χ3v) is 7.26. The number of amides is 1.